The fourth-order valence-electron chi connectivity index (χ4n) is 3.27. The molecule has 8 heteroatoms. The average molecular weight is 384 g/mol. The van der Waals surface area contributed by atoms with Gasteiger partial charge in [-0.25, -0.2) is 9.97 Å². The van der Waals surface area contributed by atoms with Crippen LogP contribution in [0.3, 0.4) is 0 Å². The molecule has 0 atom stereocenters. The van der Waals surface area contributed by atoms with Gasteiger partial charge in [0.05, 0.1) is 40.0 Å². The van der Waals surface area contributed by atoms with Gasteiger partial charge in [-0.05, 0) is 30.9 Å². The van der Waals surface area contributed by atoms with E-state index in [0.29, 0.717) is 16.6 Å². The first kappa shape index (κ1) is 16.4. The third-order valence-electron chi connectivity index (χ3n) is 5.02. The summed E-state index contributed by atoms with van der Waals surface area (Å²) in [5.41, 5.74) is 3.47. The molecule has 0 spiro atoms. The molecule has 1 aromatic carbocycles. The van der Waals surface area contributed by atoms with Gasteiger partial charge in [0.1, 0.15) is 0 Å². The zero-order valence-corrected chi connectivity index (χ0v) is 15.5. The summed E-state index contributed by atoms with van der Waals surface area (Å²) in [6.45, 7) is 1.01. The van der Waals surface area contributed by atoms with Crippen molar-refractivity contribution in [3.8, 4) is 5.75 Å². The first-order valence-electron chi connectivity index (χ1n) is 8.89. The van der Waals surface area contributed by atoms with Crippen LogP contribution < -0.4 is 15.0 Å². The number of ether oxygens (including phenoxy) is 1. The molecule has 0 radical (unpaired) electrons. The predicted octanol–water partition coefficient (Wildman–Crippen LogP) is 3.59. The lowest BCUT2D eigenvalue weighted by atomic mass is 10.2. The highest BCUT2D eigenvalue weighted by Crippen LogP contribution is 2.36. The number of nitrogens with zero attached hydrogens (tertiary/aromatic N) is 4. The molecule has 1 N–H and O–H groups in total. The standard InChI is InChI=1S/C19H18ClN5O2/c1-24-18(26)9-27-17-4-12(7-21-19(17)24)23-14-6-16-15(5-13(14)20)22-10-25(16)8-11-2-3-11/h4-7,10-11,23H,2-3,8-9H2,1H3. The van der Waals surface area contributed by atoms with Crippen LogP contribution in [0.2, 0.25) is 5.02 Å². The van der Waals surface area contributed by atoms with Gasteiger partial charge in [0.2, 0.25) is 0 Å². The Hall–Kier alpha value is -2.80. The number of nitrogens with one attached hydrogen (secondary N) is 1. The van der Waals surface area contributed by atoms with Gasteiger partial charge in [-0.1, -0.05) is 11.6 Å². The average Bonchev–Trinajstić information content (AvgIpc) is 3.40. The lowest BCUT2D eigenvalue weighted by molar-refractivity contribution is -0.121. The van der Waals surface area contributed by atoms with Gasteiger partial charge in [-0.15, -0.1) is 0 Å². The number of rotatable bonds is 4. The molecule has 3 aromatic rings. The van der Waals surface area contributed by atoms with Crippen molar-refractivity contribution in [2.45, 2.75) is 19.4 Å². The Labute approximate surface area is 160 Å². The van der Waals surface area contributed by atoms with Crippen molar-refractivity contribution in [1.82, 2.24) is 14.5 Å². The number of pyridine rings is 1. The summed E-state index contributed by atoms with van der Waals surface area (Å²) in [6.07, 6.45) is 6.12. The SMILES string of the molecule is CN1C(=O)COc2cc(Nc3cc4c(cc3Cl)ncn4CC3CC3)cnc21. The van der Waals surface area contributed by atoms with Crippen LogP contribution in [0.5, 0.6) is 5.75 Å². The number of fused-ring (bicyclic) bond motifs is 2. The maximum Gasteiger partial charge on any atom is 0.265 e. The predicted molar refractivity (Wildman–Crippen MR) is 104 cm³/mol. The van der Waals surface area contributed by atoms with Crippen molar-refractivity contribution >= 4 is 45.7 Å². The normalized spacial score (nSPS) is 16.4. The highest BCUT2D eigenvalue weighted by molar-refractivity contribution is 6.34. The van der Waals surface area contributed by atoms with E-state index in [4.69, 9.17) is 16.3 Å². The number of hydrogen-bond acceptors (Lipinski definition) is 5. The van der Waals surface area contributed by atoms with Crippen LogP contribution in [0, 0.1) is 5.92 Å². The number of benzene rings is 1. The van der Waals surface area contributed by atoms with Crippen molar-refractivity contribution in [2.75, 3.05) is 23.9 Å². The molecule has 1 aliphatic heterocycles. The molecule has 1 fully saturated rings. The maximum atomic E-state index is 11.7. The Bertz CT molecular complexity index is 1060. The van der Waals surface area contributed by atoms with E-state index in [2.05, 4.69) is 19.9 Å². The van der Waals surface area contributed by atoms with Crippen molar-refractivity contribution in [3.63, 3.8) is 0 Å². The van der Waals surface area contributed by atoms with Crippen LogP contribution in [0.1, 0.15) is 12.8 Å². The van der Waals surface area contributed by atoms with Crippen molar-refractivity contribution in [1.29, 1.82) is 0 Å². The molecule has 1 aliphatic carbocycles. The number of carbonyl (C=O) groups excluding carboxylic acids is 1. The minimum Gasteiger partial charge on any atom is -0.480 e. The highest BCUT2D eigenvalue weighted by Gasteiger charge is 2.24. The Morgan fingerprint density at radius 1 is 1.30 bits per heavy atom. The van der Waals surface area contributed by atoms with E-state index in [0.717, 1.165) is 34.9 Å². The van der Waals surface area contributed by atoms with E-state index in [9.17, 15) is 4.79 Å². The molecule has 2 aromatic heterocycles. The van der Waals surface area contributed by atoms with Crippen molar-refractivity contribution in [2.24, 2.45) is 5.92 Å². The molecule has 27 heavy (non-hydrogen) atoms. The first-order valence-corrected chi connectivity index (χ1v) is 9.27. The summed E-state index contributed by atoms with van der Waals surface area (Å²) in [5.74, 6) is 1.73. The van der Waals surface area contributed by atoms with Gasteiger partial charge >= 0.3 is 0 Å². The first-order chi connectivity index (χ1) is 13.1. The van der Waals surface area contributed by atoms with E-state index >= 15 is 0 Å². The third-order valence-corrected chi connectivity index (χ3v) is 5.33. The zero-order valence-electron chi connectivity index (χ0n) is 14.8. The van der Waals surface area contributed by atoms with Gasteiger partial charge in [0.25, 0.3) is 5.91 Å². The summed E-state index contributed by atoms with van der Waals surface area (Å²) in [6, 6.07) is 5.72. The molecule has 7 nitrogen and oxygen atoms in total. The van der Waals surface area contributed by atoms with Crippen molar-refractivity contribution < 1.29 is 9.53 Å². The summed E-state index contributed by atoms with van der Waals surface area (Å²) >= 11 is 6.45. The van der Waals surface area contributed by atoms with E-state index in [-0.39, 0.29) is 12.5 Å². The fourth-order valence-corrected chi connectivity index (χ4v) is 3.48. The Balaban J connectivity index is 1.47. The number of amides is 1. The fraction of sp³-hybridized carbons (Fsp3) is 0.316. The van der Waals surface area contributed by atoms with E-state index in [1.54, 1.807) is 13.2 Å². The second-order valence-electron chi connectivity index (χ2n) is 7.07. The Morgan fingerprint density at radius 3 is 2.96 bits per heavy atom. The van der Waals surface area contributed by atoms with Crippen LogP contribution in [-0.4, -0.2) is 34.1 Å². The van der Waals surface area contributed by atoms with Gasteiger partial charge in [0.15, 0.2) is 18.2 Å². The smallest absolute Gasteiger partial charge is 0.265 e. The summed E-state index contributed by atoms with van der Waals surface area (Å²) in [4.78, 5) is 22.0. The molecule has 1 amide bonds. The number of anilines is 3. The summed E-state index contributed by atoms with van der Waals surface area (Å²) in [7, 11) is 1.69. The number of aromatic nitrogens is 3. The molecule has 3 heterocycles. The van der Waals surface area contributed by atoms with Crippen LogP contribution in [-0.2, 0) is 11.3 Å². The Kier molecular flexibility index (Phi) is 3.72. The highest BCUT2D eigenvalue weighted by atomic mass is 35.5. The third kappa shape index (κ3) is 2.98. The van der Waals surface area contributed by atoms with Gasteiger partial charge in [-0.3, -0.25) is 9.69 Å². The number of imidazole rings is 1. The minimum absolute atomic E-state index is 0.0156. The summed E-state index contributed by atoms with van der Waals surface area (Å²) in [5, 5.41) is 3.90. The Morgan fingerprint density at radius 2 is 2.15 bits per heavy atom. The quantitative estimate of drug-likeness (QED) is 0.745. The molecule has 0 bridgehead atoms. The maximum absolute atomic E-state index is 11.7. The second-order valence-corrected chi connectivity index (χ2v) is 7.48. The van der Waals surface area contributed by atoms with Crippen molar-refractivity contribution in [3.05, 3.63) is 35.7 Å². The molecule has 2 aliphatic rings. The molecule has 1 saturated carbocycles. The van der Waals surface area contributed by atoms with Gasteiger partial charge in [-0.2, -0.15) is 0 Å². The van der Waals surface area contributed by atoms with E-state index < -0.39 is 0 Å². The van der Waals surface area contributed by atoms with Gasteiger partial charge < -0.3 is 14.6 Å². The molecule has 5 rings (SSSR count). The molecular weight excluding hydrogens is 366 g/mol. The number of carbonyl (C=O) groups is 1. The lowest BCUT2D eigenvalue weighted by Crippen LogP contribution is -2.36. The van der Waals surface area contributed by atoms with Gasteiger partial charge in [0, 0.05) is 19.7 Å². The van der Waals surface area contributed by atoms with E-state index in [1.807, 2.05) is 24.5 Å². The number of halogens is 1. The topological polar surface area (TPSA) is 72.3 Å². The molecule has 0 unspecified atom stereocenters. The van der Waals surface area contributed by atoms with E-state index in [1.165, 1.54) is 17.7 Å². The monoisotopic (exact) mass is 383 g/mol. The minimum atomic E-state index is -0.117. The number of likely N-dealkylation sites (N-methyl/N-ethyl adjacent to an activating group) is 1. The van der Waals surface area contributed by atoms with Crippen LogP contribution >= 0.6 is 11.6 Å². The lowest BCUT2D eigenvalue weighted by Gasteiger charge is -2.25. The van der Waals surface area contributed by atoms with Crippen LogP contribution in [0.4, 0.5) is 17.2 Å². The zero-order chi connectivity index (χ0) is 18.5. The summed E-state index contributed by atoms with van der Waals surface area (Å²) < 4.78 is 7.69. The second kappa shape index (κ2) is 6.13. The molecule has 138 valence electrons. The van der Waals surface area contributed by atoms with Crippen LogP contribution in [0.15, 0.2) is 30.7 Å². The molecule has 0 saturated heterocycles. The number of hydrogen-bond donors (Lipinski definition) is 1. The van der Waals surface area contributed by atoms with Crippen LogP contribution in [0.25, 0.3) is 11.0 Å². The largest absolute Gasteiger partial charge is 0.480 e. The molecular formula is C19H18ClN5O2.